The molecule has 2 aromatic carbocycles. The third-order valence-corrected chi connectivity index (χ3v) is 6.40. The van der Waals surface area contributed by atoms with Gasteiger partial charge in [-0.2, -0.15) is 0 Å². The second kappa shape index (κ2) is 11.8. The molecule has 2 heterocycles. The highest BCUT2D eigenvalue weighted by Gasteiger charge is 2.14. The highest BCUT2D eigenvalue weighted by molar-refractivity contribution is 5.93. The van der Waals surface area contributed by atoms with Gasteiger partial charge in [-0.25, -0.2) is 9.97 Å². The first-order valence-electron chi connectivity index (χ1n) is 12.3. The summed E-state index contributed by atoms with van der Waals surface area (Å²) in [5.74, 6) is 2.28. The minimum Gasteiger partial charge on any atom is -0.493 e. The molecule has 2 N–H and O–H groups in total. The van der Waals surface area contributed by atoms with Crippen molar-refractivity contribution in [3.05, 3.63) is 48.3 Å². The van der Waals surface area contributed by atoms with Gasteiger partial charge >= 0.3 is 0 Å². The Bertz CT molecular complexity index is 1130. The summed E-state index contributed by atoms with van der Waals surface area (Å²) in [7, 11) is 1.65. The number of fused-ring (bicyclic) bond motifs is 1. The zero-order valence-corrected chi connectivity index (χ0v) is 20.8. The number of nitrogens with zero attached hydrogens (tertiary/aromatic N) is 3. The van der Waals surface area contributed by atoms with Crippen LogP contribution in [0.4, 0.5) is 11.5 Å². The molecule has 1 amide bonds. The monoisotopic (exact) mass is 477 g/mol. The Morgan fingerprint density at radius 1 is 1.11 bits per heavy atom. The summed E-state index contributed by atoms with van der Waals surface area (Å²) in [5, 5.41) is 7.14. The van der Waals surface area contributed by atoms with Gasteiger partial charge in [-0.05, 0) is 62.0 Å². The lowest BCUT2D eigenvalue weighted by Crippen LogP contribution is -2.24. The van der Waals surface area contributed by atoms with Gasteiger partial charge in [-0.1, -0.05) is 19.1 Å². The zero-order chi connectivity index (χ0) is 24.6. The Hall–Kier alpha value is -3.39. The number of carbonyl (C=O) groups is 1. The molecule has 8 heteroatoms. The number of carbonyl (C=O) groups excluding carboxylic acids is 1. The van der Waals surface area contributed by atoms with Crippen molar-refractivity contribution < 1.29 is 14.3 Å². The van der Waals surface area contributed by atoms with Gasteiger partial charge < -0.3 is 25.0 Å². The van der Waals surface area contributed by atoms with Crippen LogP contribution in [0.2, 0.25) is 0 Å². The van der Waals surface area contributed by atoms with Crippen LogP contribution in [-0.4, -0.2) is 60.7 Å². The standard InChI is InChI=1S/C27H35N5O3/c1-19(17-28-20(2)33)21-7-9-22(10-8-21)31-27-23-15-26(25(34-3)16-24(23)29-18-30-27)35-14-6-13-32-11-4-5-12-32/h7-10,15-16,18-19H,4-6,11-14,17H2,1-3H3,(H,28,33)(H,29,30,31)/t19-/m0/s1. The van der Waals surface area contributed by atoms with E-state index in [1.54, 1.807) is 13.4 Å². The number of hydrogen-bond acceptors (Lipinski definition) is 7. The fourth-order valence-corrected chi connectivity index (χ4v) is 4.36. The lowest BCUT2D eigenvalue weighted by Gasteiger charge is -2.16. The van der Waals surface area contributed by atoms with E-state index in [1.807, 2.05) is 24.3 Å². The molecule has 1 atom stereocenters. The van der Waals surface area contributed by atoms with Gasteiger partial charge in [0, 0.05) is 37.2 Å². The van der Waals surface area contributed by atoms with Gasteiger partial charge in [-0.3, -0.25) is 4.79 Å². The zero-order valence-electron chi connectivity index (χ0n) is 20.8. The van der Waals surface area contributed by atoms with Crippen molar-refractivity contribution in [3.63, 3.8) is 0 Å². The van der Waals surface area contributed by atoms with Crippen LogP contribution in [0.5, 0.6) is 11.5 Å². The summed E-state index contributed by atoms with van der Waals surface area (Å²) >= 11 is 0. The molecule has 1 aliphatic heterocycles. The van der Waals surface area contributed by atoms with Crippen LogP contribution in [0.25, 0.3) is 10.9 Å². The molecule has 1 aliphatic rings. The van der Waals surface area contributed by atoms with Crippen LogP contribution in [0.15, 0.2) is 42.7 Å². The normalized spacial score (nSPS) is 14.6. The Balaban J connectivity index is 1.46. The minimum absolute atomic E-state index is 0.0163. The molecule has 35 heavy (non-hydrogen) atoms. The molecule has 186 valence electrons. The van der Waals surface area contributed by atoms with Crippen LogP contribution < -0.4 is 20.1 Å². The van der Waals surface area contributed by atoms with Crippen molar-refractivity contribution in [3.8, 4) is 11.5 Å². The Morgan fingerprint density at radius 2 is 1.89 bits per heavy atom. The molecule has 1 fully saturated rings. The van der Waals surface area contributed by atoms with E-state index in [2.05, 4.69) is 44.6 Å². The number of aromatic nitrogens is 2. The summed E-state index contributed by atoms with van der Waals surface area (Å²) < 4.78 is 11.7. The van der Waals surface area contributed by atoms with Crippen LogP contribution in [0.3, 0.4) is 0 Å². The minimum atomic E-state index is -0.0163. The van der Waals surface area contributed by atoms with Gasteiger partial charge in [0.05, 0.1) is 19.2 Å². The molecule has 0 aliphatic carbocycles. The van der Waals surface area contributed by atoms with E-state index in [0.717, 1.165) is 35.1 Å². The molecule has 0 spiro atoms. The molecular formula is C27H35N5O3. The second-order valence-corrected chi connectivity index (χ2v) is 9.08. The molecule has 1 saturated heterocycles. The number of amides is 1. The Kier molecular flexibility index (Phi) is 8.36. The molecular weight excluding hydrogens is 442 g/mol. The summed E-state index contributed by atoms with van der Waals surface area (Å²) in [6.07, 6.45) is 5.12. The van der Waals surface area contributed by atoms with Crippen molar-refractivity contribution in [1.29, 1.82) is 0 Å². The van der Waals surface area contributed by atoms with E-state index in [1.165, 1.54) is 32.9 Å². The van der Waals surface area contributed by atoms with E-state index in [9.17, 15) is 4.79 Å². The topological polar surface area (TPSA) is 88.6 Å². The van der Waals surface area contributed by atoms with Gasteiger partial charge in [-0.15, -0.1) is 0 Å². The highest BCUT2D eigenvalue weighted by Crippen LogP contribution is 2.35. The largest absolute Gasteiger partial charge is 0.493 e. The first-order valence-corrected chi connectivity index (χ1v) is 12.3. The van der Waals surface area contributed by atoms with Crippen molar-refractivity contribution in [2.75, 3.05) is 45.2 Å². The fourth-order valence-electron chi connectivity index (χ4n) is 4.36. The predicted octanol–water partition coefficient (Wildman–Crippen LogP) is 4.49. The van der Waals surface area contributed by atoms with Crippen LogP contribution in [0, 0.1) is 0 Å². The lowest BCUT2D eigenvalue weighted by atomic mass is 10.0. The van der Waals surface area contributed by atoms with E-state index in [4.69, 9.17) is 9.47 Å². The number of anilines is 2. The lowest BCUT2D eigenvalue weighted by molar-refractivity contribution is -0.119. The third kappa shape index (κ3) is 6.60. The summed E-state index contributed by atoms with van der Waals surface area (Å²) in [6.45, 7) is 8.32. The molecule has 1 aromatic heterocycles. The molecule has 0 radical (unpaired) electrons. The van der Waals surface area contributed by atoms with E-state index in [0.29, 0.717) is 30.5 Å². The maximum absolute atomic E-state index is 11.2. The van der Waals surface area contributed by atoms with Crippen LogP contribution in [-0.2, 0) is 4.79 Å². The van der Waals surface area contributed by atoms with E-state index in [-0.39, 0.29) is 11.8 Å². The number of hydrogen-bond donors (Lipinski definition) is 2. The quantitative estimate of drug-likeness (QED) is 0.394. The third-order valence-electron chi connectivity index (χ3n) is 6.40. The van der Waals surface area contributed by atoms with Gasteiger partial charge in [0.15, 0.2) is 11.5 Å². The highest BCUT2D eigenvalue weighted by atomic mass is 16.5. The number of methoxy groups -OCH3 is 1. The Morgan fingerprint density at radius 3 is 2.60 bits per heavy atom. The van der Waals surface area contributed by atoms with Crippen LogP contribution in [0.1, 0.15) is 44.6 Å². The first-order chi connectivity index (χ1) is 17.0. The maximum Gasteiger partial charge on any atom is 0.216 e. The molecule has 0 bridgehead atoms. The number of rotatable bonds is 11. The average Bonchev–Trinajstić information content (AvgIpc) is 3.39. The summed E-state index contributed by atoms with van der Waals surface area (Å²) in [6, 6.07) is 12.0. The number of benzene rings is 2. The second-order valence-electron chi connectivity index (χ2n) is 9.08. The Labute approximate surface area is 207 Å². The van der Waals surface area contributed by atoms with Gasteiger partial charge in [0.2, 0.25) is 5.91 Å². The van der Waals surface area contributed by atoms with Crippen molar-refractivity contribution >= 4 is 28.3 Å². The average molecular weight is 478 g/mol. The molecule has 0 saturated carbocycles. The summed E-state index contributed by atoms with van der Waals surface area (Å²) in [5.41, 5.74) is 2.86. The summed E-state index contributed by atoms with van der Waals surface area (Å²) in [4.78, 5) is 22.6. The number of nitrogens with one attached hydrogen (secondary N) is 2. The van der Waals surface area contributed by atoms with Crippen molar-refractivity contribution in [2.24, 2.45) is 0 Å². The maximum atomic E-state index is 11.2. The number of ether oxygens (including phenoxy) is 2. The van der Waals surface area contributed by atoms with Crippen LogP contribution >= 0.6 is 0 Å². The fraction of sp³-hybridized carbons (Fsp3) is 0.444. The van der Waals surface area contributed by atoms with E-state index < -0.39 is 0 Å². The smallest absolute Gasteiger partial charge is 0.216 e. The molecule has 0 unspecified atom stereocenters. The van der Waals surface area contributed by atoms with E-state index >= 15 is 0 Å². The predicted molar refractivity (Wildman–Crippen MR) is 139 cm³/mol. The van der Waals surface area contributed by atoms with Crippen molar-refractivity contribution in [2.45, 2.75) is 39.0 Å². The first kappa shape index (κ1) is 24.7. The van der Waals surface area contributed by atoms with Crippen molar-refractivity contribution in [1.82, 2.24) is 20.2 Å². The molecule has 4 rings (SSSR count). The number of likely N-dealkylation sites (tertiary alicyclic amines) is 1. The SMILES string of the molecule is COc1cc2ncnc(Nc3ccc([C@@H](C)CNC(C)=O)cc3)c2cc1OCCCN1CCCC1. The van der Waals surface area contributed by atoms with Gasteiger partial charge in [0.1, 0.15) is 12.1 Å². The molecule has 8 nitrogen and oxygen atoms in total. The molecule has 3 aromatic rings. The van der Waals surface area contributed by atoms with Gasteiger partial charge in [0.25, 0.3) is 0 Å².